The Bertz CT molecular complexity index is 1500. The van der Waals surface area contributed by atoms with Crippen molar-refractivity contribution in [3.8, 4) is 40.3 Å². The fourth-order valence-corrected chi connectivity index (χ4v) is 4.64. The average Bonchev–Trinajstić information content (AvgIpc) is 3.52. The highest BCUT2D eigenvalue weighted by Gasteiger charge is 2.33. The molecule has 7 nitrogen and oxygen atoms in total. The molecule has 0 saturated carbocycles. The quantitative estimate of drug-likeness (QED) is 0.358. The number of amides is 1. The molecule has 1 atom stereocenters. The SMILES string of the molecule is CC#CC(=O)N1CCCC1c1nc(-c2ccc(Oc3cccc(OC)c3F)cc2)c2cncc(C)n12. The van der Waals surface area contributed by atoms with E-state index in [2.05, 4.69) is 21.2 Å². The summed E-state index contributed by atoms with van der Waals surface area (Å²) in [6.45, 7) is 4.29. The molecule has 0 bridgehead atoms. The molecule has 182 valence electrons. The first kappa shape index (κ1) is 23.4. The van der Waals surface area contributed by atoms with Gasteiger partial charge in [-0.05, 0) is 69.0 Å². The number of imidazole rings is 1. The lowest BCUT2D eigenvalue weighted by atomic mass is 10.1. The van der Waals surface area contributed by atoms with Crippen molar-refractivity contribution in [2.24, 2.45) is 0 Å². The summed E-state index contributed by atoms with van der Waals surface area (Å²) in [6.07, 6.45) is 5.27. The summed E-state index contributed by atoms with van der Waals surface area (Å²) >= 11 is 0. The Morgan fingerprint density at radius 1 is 1.14 bits per heavy atom. The number of nitrogens with zero attached hydrogens (tertiary/aromatic N) is 4. The van der Waals surface area contributed by atoms with Crippen LogP contribution in [0.5, 0.6) is 17.2 Å². The number of aromatic nitrogens is 3. The Kier molecular flexibility index (Phi) is 6.30. The molecule has 8 heteroatoms. The van der Waals surface area contributed by atoms with Gasteiger partial charge < -0.3 is 14.4 Å². The molecule has 1 fully saturated rings. The third-order valence-electron chi connectivity index (χ3n) is 6.30. The number of aryl methyl sites for hydroxylation is 1. The van der Waals surface area contributed by atoms with Gasteiger partial charge in [0.2, 0.25) is 5.82 Å². The lowest BCUT2D eigenvalue weighted by Gasteiger charge is -2.22. The first-order valence-corrected chi connectivity index (χ1v) is 11.7. The van der Waals surface area contributed by atoms with Crippen molar-refractivity contribution in [2.45, 2.75) is 32.7 Å². The Labute approximate surface area is 208 Å². The number of halogens is 1. The van der Waals surface area contributed by atoms with Crippen molar-refractivity contribution < 1.29 is 18.7 Å². The molecule has 4 aromatic rings. The molecule has 1 amide bonds. The van der Waals surface area contributed by atoms with E-state index in [9.17, 15) is 9.18 Å². The van der Waals surface area contributed by atoms with Gasteiger partial charge in [-0.2, -0.15) is 4.39 Å². The molecular weight excluding hydrogens is 459 g/mol. The Morgan fingerprint density at radius 3 is 2.67 bits per heavy atom. The number of ether oxygens (including phenoxy) is 2. The van der Waals surface area contributed by atoms with Crippen LogP contribution in [0.2, 0.25) is 0 Å². The Hall–Kier alpha value is -4.38. The van der Waals surface area contributed by atoms with E-state index < -0.39 is 5.82 Å². The summed E-state index contributed by atoms with van der Waals surface area (Å²) in [5, 5.41) is 0. The number of carbonyl (C=O) groups excluding carboxylic acids is 1. The molecule has 0 aliphatic carbocycles. The number of likely N-dealkylation sites (tertiary alicyclic amines) is 1. The van der Waals surface area contributed by atoms with Crippen molar-refractivity contribution in [3.05, 3.63) is 72.2 Å². The maximum atomic E-state index is 14.5. The van der Waals surface area contributed by atoms with Crippen LogP contribution in [-0.2, 0) is 4.79 Å². The minimum absolute atomic E-state index is 0.0813. The van der Waals surface area contributed by atoms with Crippen LogP contribution in [0.25, 0.3) is 16.8 Å². The Balaban J connectivity index is 1.51. The standard InChI is InChI=1S/C28H25FN4O3/c1-4-7-25(34)32-15-6-8-21(32)28-31-27(22-17-30-16-18(2)33(22)28)19-11-13-20(14-12-19)36-24-10-5-9-23(35-3)26(24)29/h5,9-14,16-17,21H,6,8,15H2,1-3H3. The molecule has 2 aromatic heterocycles. The zero-order valence-corrected chi connectivity index (χ0v) is 20.3. The molecule has 5 rings (SSSR count). The van der Waals surface area contributed by atoms with Crippen LogP contribution in [0.1, 0.15) is 37.3 Å². The number of rotatable bonds is 5. The van der Waals surface area contributed by atoms with E-state index in [1.54, 1.807) is 48.5 Å². The molecule has 36 heavy (non-hydrogen) atoms. The van der Waals surface area contributed by atoms with Gasteiger partial charge in [0.05, 0.1) is 30.6 Å². The second-order valence-corrected chi connectivity index (χ2v) is 8.52. The van der Waals surface area contributed by atoms with Gasteiger partial charge in [0.25, 0.3) is 5.91 Å². The number of hydrogen-bond acceptors (Lipinski definition) is 5. The summed E-state index contributed by atoms with van der Waals surface area (Å²) in [5.41, 5.74) is 3.38. The van der Waals surface area contributed by atoms with E-state index in [0.29, 0.717) is 12.3 Å². The van der Waals surface area contributed by atoms with Crippen molar-refractivity contribution in [1.29, 1.82) is 0 Å². The molecule has 1 unspecified atom stereocenters. The average molecular weight is 485 g/mol. The third kappa shape index (κ3) is 4.13. The number of carbonyl (C=O) groups is 1. The summed E-state index contributed by atoms with van der Waals surface area (Å²) < 4.78 is 27.3. The van der Waals surface area contributed by atoms with Gasteiger partial charge >= 0.3 is 0 Å². The van der Waals surface area contributed by atoms with Crippen LogP contribution in [0.15, 0.2) is 54.9 Å². The second-order valence-electron chi connectivity index (χ2n) is 8.52. The van der Waals surface area contributed by atoms with Crippen LogP contribution < -0.4 is 9.47 Å². The lowest BCUT2D eigenvalue weighted by molar-refractivity contribution is -0.126. The summed E-state index contributed by atoms with van der Waals surface area (Å²) in [6, 6.07) is 11.9. The van der Waals surface area contributed by atoms with Crippen molar-refractivity contribution >= 4 is 11.4 Å². The molecule has 0 N–H and O–H groups in total. The Morgan fingerprint density at radius 2 is 1.92 bits per heavy atom. The minimum Gasteiger partial charge on any atom is -0.494 e. The molecule has 2 aromatic carbocycles. The summed E-state index contributed by atoms with van der Waals surface area (Å²) in [4.78, 5) is 23.8. The van der Waals surface area contributed by atoms with Crippen LogP contribution in [0.4, 0.5) is 4.39 Å². The minimum atomic E-state index is -0.557. The first-order chi connectivity index (χ1) is 17.5. The van der Waals surface area contributed by atoms with Gasteiger partial charge in [-0.1, -0.05) is 12.0 Å². The highest BCUT2D eigenvalue weighted by molar-refractivity contribution is 5.94. The van der Waals surface area contributed by atoms with Gasteiger partial charge in [0.15, 0.2) is 11.5 Å². The van der Waals surface area contributed by atoms with E-state index in [4.69, 9.17) is 14.5 Å². The van der Waals surface area contributed by atoms with E-state index in [1.807, 2.05) is 19.1 Å². The van der Waals surface area contributed by atoms with Gasteiger partial charge in [-0.3, -0.25) is 14.2 Å². The predicted octanol–water partition coefficient (Wildman–Crippen LogP) is 5.33. The largest absolute Gasteiger partial charge is 0.494 e. The maximum absolute atomic E-state index is 14.5. The normalized spacial score (nSPS) is 15.0. The summed E-state index contributed by atoms with van der Waals surface area (Å²) in [5.74, 6) is 6.11. The summed E-state index contributed by atoms with van der Waals surface area (Å²) in [7, 11) is 1.41. The first-order valence-electron chi connectivity index (χ1n) is 11.7. The van der Waals surface area contributed by atoms with Crippen LogP contribution >= 0.6 is 0 Å². The fourth-order valence-electron chi connectivity index (χ4n) is 4.64. The van der Waals surface area contributed by atoms with E-state index in [0.717, 1.165) is 41.1 Å². The fraction of sp³-hybridized carbons (Fsp3) is 0.250. The smallest absolute Gasteiger partial charge is 0.299 e. The zero-order valence-electron chi connectivity index (χ0n) is 20.3. The molecule has 1 aliphatic rings. The molecule has 1 aliphatic heterocycles. The number of benzene rings is 2. The van der Waals surface area contributed by atoms with Gasteiger partial charge in [0, 0.05) is 24.0 Å². The maximum Gasteiger partial charge on any atom is 0.299 e. The lowest BCUT2D eigenvalue weighted by Crippen LogP contribution is -2.30. The number of fused-ring (bicyclic) bond motifs is 1. The molecule has 0 spiro atoms. The van der Waals surface area contributed by atoms with Crippen molar-refractivity contribution in [1.82, 2.24) is 19.3 Å². The number of methoxy groups -OCH3 is 1. The van der Waals surface area contributed by atoms with Crippen molar-refractivity contribution in [2.75, 3.05) is 13.7 Å². The monoisotopic (exact) mass is 484 g/mol. The second kappa shape index (κ2) is 9.70. The molecule has 1 saturated heterocycles. The van der Waals surface area contributed by atoms with Crippen molar-refractivity contribution in [3.63, 3.8) is 0 Å². The highest BCUT2D eigenvalue weighted by atomic mass is 19.1. The van der Waals surface area contributed by atoms with E-state index in [-0.39, 0.29) is 23.4 Å². The molecule has 3 heterocycles. The number of hydrogen-bond donors (Lipinski definition) is 0. The topological polar surface area (TPSA) is 69.0 Å². The molecular formula is C28H25FN4O3. The third-order valence-corrected chi connectivity index (χ3v) is 6.30. The highest BCUT2D eigenvalue weighted by Crippen LogP contribution is 2.36. The van der Waals surface area contributed by atoms with Gasteiger partial charge in [-0.15, -0.1) is 0 Å². The van der Waals surface area contributed by atoms with Crippen LogP contribution in [-0.4, -0.2) is 38.8 Å². The predicted molar refractivity (Wildman–Crippen MR) is 133 cm³/mol. The molecule has 0 radical (unpaired) electrons. The van der Waals surface area contributed by atoms with Crippen LogP contribution in [0, 0.1) is 24.6 Å². The van der Waals surface area contributed by atoms with Crippen LogP contribution in [0.3, 0.4) is 0 Å². The van der Waals surface area contributed by atoms with E-state index >= 15 is 0 Å². The zero-order chi connectivity index (χ0) is 25.2. The van der Waals surface area contributed by atoms with Gasteiger partial charge in [0.1, 0.15) is 11.6 Å². The van der Waals surface area contributed by atoms with Gasteiger partial charge in [-0.25, -0.2) is 4.98 Å². The van der Waals surface area contributed by atoms with E-state index in [1.165, 1.54) is 13.2 Å².